The summed E-state index contributed by atoms with van der Waals surface area (Å²) in [4.78, 5) is 30.1. The number of aryl methyl sites for hydroxylation is 1. The van der Waals surface area contributed by atoms with Crippen molar-refractivity contribution in [2.45, 2.75) is 116 Å². The molecule has 246 valence electrons. The van der Waals surface area contributed by atoms with E-state index in [4.69, 9.17) is 28.1 Å². The number of carbonyl (C=O) groups excluding carboxylic acids is 2. The van der Waals surface area contributed by atoms with E-state index in [0.29, 0.717) is 25.2 Å². The number of hydrogen-bond acceptors (Lipinski definition) is 10. The lowest BCUT2D eigenvalue weighted by molar-refractivity contribution is -0.159. The minimum atomic E-state index is -0.905. The SMILES string of the molecule is CO[C@H](C(C)=CC=CC(C)=Cc1coc(C)n1)[C@H](C)[C@H]1C[C@H](O)[C@@]2(C)O[C@H]2C=C[C@@H](C)[C@@H]2C[C@@H](CC(=O)O2)C[C@@H]2O[C@H]2C(=O)O1. The molecular weight excluding hydrogens is 578 g/mol. The third-order valence-corrected chi connectivity index (χ3v) is 9.63. The molecule has 45 heavy (non-hydrogen) atoms. The van der Waals surface area contributed by atoms with E-state index in [2.05, 4.69) is 4.98 Å². The number of nitrogens with zero attached hydrogens (tertiary/aromatic N) is 1. The number of hydrogen-bond donors (Lipinski definition) is 1. The fourth-order valence-electron chi connectivity index (χ4n) is 6.64. The number of oxazole rings is 1. The molecule has 2 bridgehead atoms. The van der Waals surface area contributed by atoms with E-state index in [9.17, 15) is 14.7 Å². The van der Waals surface area contributed by atoms with Gasteiger partial charge >= 0.3 is 11.9 Å². The van der Waals surface area contributed by atoms with E-state index in [1.165, 1.54) is 0 Å². The van der Waals surface area contributed by atoms with Gasteiger partial charge in [-0.1, -0.05) is 44.2 Å². The lowest BCUT2D eigenvalue weighted by Gasteiger charge is -2.33. The Morgan fingerprint density at radius 2 is 1.91 bits per heavy atom. The van der Waals surface area contributed by atoms with Crippen LogP contribution in [0, 0.1) is 24.7 Å². The predicted octanol–water partition coefficient (Wildman–Crippen LogP) is 5.05. The normalized spacial score (nSPS) is 37.3. The third kappa shape index (κ3) is 8.03. The maximum absolute atomic E-state index is 13.4. The van der Waals surface area contributed by atoms with Gasteiger partial charge in [-0.05, 0) is 56.8 Å². The van der Waals surface area contributed by atoms with Gasteiger partial charge in [0, 0.05) is 38.7 Å². The van der Waals surface area contributed by atoms with E-state index < -0.39 is 36.0 Å². The number of allylic oxidation sites excluding steroid dienone is 4. The van der Waals surface area contributed by atoms with E-state index >= 15 is 0 Å². The van der Waals surface area contributed by atoms with Crippen molar-refractivity contribution in [2.24, 2.45) is 17.8 Å². The summed E-state index contributed by atoms with van der Waals surface area (Å²) >= 11 is 0. The highest BCUT2D eigenvalue weighted by Crippen LogP contribution is 2.44. The van der Waals surface area contributed by atoms with Crippen LogP contribution in [0.25, 0.3) is 6.08 Å². The standard InChI is InChI=1S/C35H47NO9/c1-19(13-25-18-41-23(5)36-25)9-8-10-21(3)32(40-7)22(4)27-17-29(37)35(6)30(45-35)12-11-20(2)26-14-24(16-31(38)42-26)15-28-33(43-28)34(39)44-27/h8-13,18,20,22,24,26-30,32-33,37H,14-17H2,1-7H3/t20-,22-,24-,26+,27-,28+,29+,30+,32-,33-,35-/m1/s1. The Hall–Kier alpha value is -3.05. The quantitative estimate of drug-likeness (QED) is 0.190. The van der Waals surface area contributed by atoms with Crippen molar-refractivity contribution in [3.63, 3.8) is 0 Å². The molecule has 1 aromatic rings. The summed E-state index contributed by atoms with van der Waals surface area (Å²) in [6, 6.07) is 0. The van der Waals surface area contributed by atoms with Crippen LogP contribution in [0.2, 0.25) is 0 Å². The number of aliphatic hydroxyl groups is 1. The largest absolute Gasteiger partial charge is 0.462 e. The van der Waals surface area contributed by atoms with Crippen molar-refractivity contribution in [3.8, 4) is 0 Å². The van der Waals surface area contributed by atoms with Gasteiger partial charge in [0.25, 0.3) is 0 Å². The van der Waals surface area contributed by atoms with Crippen molar-refractivity contribution < 1.29 is 42.8 Å². The van der Waals surface area contributed by atoms with Gasteiger partial charge in [0.05, 0.1) is 18.3 Å². The molecule has 1 aromatic heterocycles. The minimum absolute atomic E-state index is 0.0130. The van der Waals surface area contributed by atoms with Gasteiger partial charge < -0.3 is 33.2 Å². The van der Waals surface area contributed by atoms with Gasteiger partial charge in [0.15, 0.2) is 12.0 Å². The van der Waals surface area contributed by atoms with Crippen LogP contribution in [-0.2, 0) is 33.3 Å². The van der Waals surface area contributed by atoms with Crippen LogP contribution in [0.4, 0.5) is 0 Å². The fourth-order valence-corrected chi connectivity index (χ4v) is 6.64. The van der Waals surface area contributed by atoms with E-state index in [-0.39, 0.29) is 48.5 Å². The van der Waals surface area contributed by atoms with Crippen LogP contribution < -0.4 is 0 Å². The first-order chi connectivity index (χ1) is 21.4. The number of carbonyl (C=O) groups is 2. The lowest BCUT2D eigenvalue weighted by atomic mass is 9.84. The molecule has 3 saturated heterocycles. The summed E-state index contributed by atoms with van der Waals surface area (Å²) in [7, 11) is 1.63. The van der Waals surface area contributed by atoms with Crippen LogP contribution in [0.15, 0.2) is 52.2 Å². The summed E-state index contributed by atoms with van der Waals surface area (Å²) in [6.07, 6.45) is 11.7. The van der Waals surface area contributed by atoms with Crippen LogP contribution in [-0.4, -0.2) is 77.5 Å². The number of fused-ring (bicyclic) bond motifs is 4. The second-order valence-electron chi connectivity index (χ2n) is 13.3. The van der Waals surface area contributed by atoms with Gasteiger partial charge in [-0.2, -0.15) is 0 Å². The number of ether oxygens (including phenoxy) is 5. The summed E-state index contributed by atoms with van der Waals surface area (Å²) in [5.74, 6) is -0.316. The molecule has 10 nitrogen and oxygen atoms in total. The molecule has 11 atom stereocenters. The Bertz CT molecular complexity index is 1360. The number of aromatic nitrogens is 1. The number of epoxide rings is 2. The highest BCUT2D eigenvalue weighted by molar-refractivity contribution is 5.78. The fraction of sp³-hybridized carbons (Fsp3) is 0.629. The number of cyclic esters (lactones) is 1. The zero-order chi connectivity index (χ0) is 32.5. The highest BCUT2D eigenvalue weighted by atomic mass is 16.6. The maximum Gasteiger partial charge on any atom is 0.338 e. The van der Waals surface area contributed by atoms with E-state index in [1.54, 1.807) is 20.3 Å². The topological polar surface area (TPSA) is 133 Å². The van der Waals surface area contributed by atoms with Crippen molar-refractivity contribution in [2.75, 3.05) is 7.11 Å². The van der Waals surface area contributed by atoms with Crippen molar-refractivity contribution in [1.29, 1.82) is 0 Å². The Balaban J connectivity index is 1.33. The summed E-state index contributed by atoms with van der Waals surface area (Å²) in [5, 5.41) is 11.4. The first kappa shape index (κ1) is 33.3. The van der Waals surface area contributed by atoms with Gasteiger partial charge in [-0.3, -0.25) is 4.79 Å². The second kappa shape index (κ2) is 13.7. The van der Waals surface area contributed by atoms with Gasteiger partial charge in [0.2, 0.25) is 0 Å². The second-order valence-corrected chi connectivity index (χ2v) is 13.3. The molecule has 0 aliphatic carbocycles. The number of aliphatic hydroxyl groups excluding tert-OH is 1. The zero-order valence-electron chi connectivity index (χ0n) is 27.3. The monoisotopic (exact) mass is 625 g/mol. The molecule has 5 heterocycles. The van der Waals surface area contributed by atoms with Gasteiger partial charge in [-0.15, -0.1) is 0 Å². The third-order valence-electron chi connectivity index (χ3n) is 9.63. The number of rotatable bonds is 7. The Morgan fingerprint density at radius 3 is 2.62 bits per heavy atom. The molecule has 10 heteroatoms. The molecule has 0 spiro atoms. The maximum atomic E-state index is 13.4. The summed E-state index contributed by atoms with van der Waals surface area (Å²) < 4.78 is 34.7. The molecule has 1 N–H and O–H groups in total. The van der Waals surface area contributed by atoms with Crippen LogP contribution in [0.3, 0.4) is 0 Å². The number of esters is 2. The average molecular weight is 626 g/mol. The van der Waals surface area contributed by atoms with E-state index in [1.807, 2.05) is 71.1 Å². The first-order valence-electron chi connectivity index (χ1n) is 16.0. The number of methoxy groups -OCH3 is 1. The lowest BCUT2D eigenvalue weighted by Crippen LogP contribution is -2.42. The molecule has 5 rings (SSSR count). The van der Waals surface area contributed by atoms with Gasteiger partial charge in [-0.25, -0.2) is 9.78 Å². The van der Waals surface area contributed by atoms with E-state index in [0.717, 1.165) is 16.8 Å². The molecular formula is C35H47NO9. The molecule has 0 amide bonds. The van der Waals surface area contributed by atoms with Crippen LogP contribution in [0.1, 0.15) is 71.9 Å². The minimum Gasteiger partial charge on any atom is -0.462 e. The molecule has 0 saturated carbocycles. The average Bonchev–Trinajstić information content (AvgIpc) is 3.86. The Labute approximate surface area is 265 Å². The summed E-state index contributed by atoms with van der Waals surface area (Å²) in [5.41, 5.74) is 1.86. The zero-order valence-corrected chi connectivity index (χ0v) is 27.3. The Morgan fingerprint density at radius 1 is 1.16 bits per heavy atom. The first-order valence-corrected chi connectivity index (χ1v) is 16.0. The Kier molecular flexibility index (Phi) is 10.2. The molecule has 0 radical (unpaired) electrons. The molecule has 0 unspecified atom stereocenters. The van der Waals surface area contributed by atoms with Crippen LogP contribution in [0.5, 0.6) is 0 Å². The van der Waals surface area contributed by atoms with Crippen LogP contribution >= 0.6 is 0 Å². The van der Waals surface area contributed by atoms with Crippen molar-refractivity contribution in [1.82, 2.24) is 4.98 Å². The molecule has 3 fully saturated rings. The van der Waals surface area contributed by atoms with Crippen molar-refractivity contribution in [3.05, 3.63) is 59.4 Å². The summed E-state index contributed by atoms with van der Waals surface area (Å²) in [6.45, 7) is 11.6. The molecule has 0 aromatic carbocycles. The molecule has 4 aliphatic rings. The van der Waals surface area contributed by atoms with Gasteiger partial charge in [0.1, 0.15) is 35.9 Å². The molecule has 4 aliphatic heterocycles. The smallest absolute Gasteiger partial charge is 0.338 e. The predicted molar refractivity (Wildman–Crippen MR) is 166 cm³/mol. The van der Waals surface area contributed by atoms with Crippen molar-refractivity contribution >= 4 is 18.0 Å². The highest BCUT2D eigenvalue weighted by Gasteiger charge is 2.57.